The van der Waals surface area contributed by atoms with Gasteiger partial charge in [-0.25, -0.2) is 9.78 Å². The van der Waals surface area contributed by atoms with Gasteiger partial charge < -0.3 is 5.32 Å². The number of imidazole rings is 1. The number of pyridine rings is 1. The van der Waals surface area contributed by atoms with Gasteiger partial charge >= 0.3 is 12.2 Å². The highest BCUT2D eigenvalue weighted by atomic mass is 19.4. The molecular formula is C15H15F3N4O. The molecule has 8 heteroatoms. The van der Waals surface area contributed by atoms with Crippen LogP contribution in [-0.2, 0) is 0 Å². The van der Waals surface area contributed by atoms with E-state index < -0.39 is 17.6 Å². The predicted octanol–water partition coefficient (Wildman–Crippen LogP) is 3.24. The molecule has 0 atom stereocenters. The van der Waals surface area contributed by atoms with Gasteiger partial charge in [0.25, 0.3) is 0 Å². The Morgan fingerprint density at radius 1 is 1.35 bits per heavy atom. The first-order chi connectivity index (χ1) is 10.9. The zero-order chi connectivity index (χ0) is 16.5. The van der Waals surface area contributed by atoms with Crippen molar-refractivity contribution >= 4 is 6.03 Å². The predicted molar refractivity (Wildman–Crippen MR) is 76.6 cm³/mol. The molecule has 2 aromatic rings. The van der Waals surface area contributed by atoms with E-state index in [1.807, 2.05) is 0 Å². The molecule has 1 saturated carbocycles. The van der Waals surface area contributed by atoms with Gasteiger partial charge in [-0.3, -0.25) is 9.55 Å². The van der Waals surface area contributed by atoms with Crippen LogP contribution in [0.25, 0.3) is 11.4 Å². The van der Waals surface area contributed by atoms with E-state index in [2.05, 4.69) is 15.3 Å². The van der Waals surface area contributed by atoms with E-state index in [1.54, 1.807) is 24.5 Å². The van der Waals surface area contributed by atoms with Gasteiger partial charge in [0.1, 0.15) is 5.82 Å². The maximum atomic E-state index is 12.8. The number of carbonyl (C=O) groups excluding carboxylic acids is 1. The lowest BCUT2D eigenvalue weighted by atomic mass is 10.0. The molecule has 0 unspecified atom stereocenters. The van der Waals surface area contributed by atoms with Crippen molar-refractivity contribution in [2.75, 3.05) is 6.54 Å². The maximum absolute atomic E-state index is 12.8. The van der Waals surface area contributed by atoms with Gasteiger partial charge in [0.05, 0.1) is 5.41 Å². The Balaban J connectivity index is 1.63. The van der Waals surface area contributed by atoms with Gasteiger partial charge in [-0.2, -0.15) is 13.2 Å². The van der Waals surface area contributed by atoms with Crippen LogP contribution in [0.4, 0.5) is 18.0 Å². The van der Waals surface area contributed by atoms with Gasteiger partial charge in [0, 0.05) is 36.9 Å². The molecule has 0 aromatic carbocycles. The highest BCUT2D eigenvalue weighted by Gasteiger charge is 2.62. The van der Waals surface area contributed by atoms with Crippen LogP contribution < -0.4 is 5.32 Å². The van der Waals surface area contributed by atoms with E-state index in [0.717, 1.165) is 0 Å². The molecule has 0 radical (unpaired) electrons. The molecule has 0 aliphatic heterocycles. The molecule has 1 fully saturated rings. The minimum absolute atomic E-state index is 0.0248. The molecule has 3 rings (SSSR count). The number of nitrogens with zero attached hydrogens (tertiary/aromatic N) is 3. The highest BCUT2D eigenvalue weighted by Crippen LogP contribution is 2.59. The summed E-state index contributed by atoms with van der Waals surface area (Å²) in [6.07, 6.45) is 2.07. The number of carbonyl (C=O) groups is 1. The molecular weight excluding hydrogens is 309 g/mol. The number of amides is 1. The van der Waals surface area contributed by atoms with Gasteiger partial charge in [-0.15, -0.1) is 0 Å². The van der Waals surface area contributed by atoms with E-state index in [9.17, 15) is 18.0 Å². The van der Waals surface area contributed by atoms with Crippen LogP contribution in [0, 0.1) is 5.41 Å². The molecule has 2 aromatic heterocycles. The first kappa shape index (κ1) is 15.5. The maximum Gasteiger partial charge on any atom is 0.394 e. The topological polar surface area (TPSA) is 59.8 Å². The van der Waals surface area contributed by atoms with Crippen molar-refractivity contribution < 1.29 is 18.0 Å². The Labute approximate surface area is 130 Å². The highest BCUT2D eigenvalue weighted by molar-refractivity contribution is 5.81. The third-order valence-electron chi connectivity index (χ3n) is 4.11. The second kappa shape index (κ2) is 5.68. The van der Waals surface area contributed by atoms with Crippen molar-refractivity contribution in [3.63, 3.8) is 0 Å². The van der Waals surface area contributed by atoms with Crippen molar-refractivity contribution in [1.82, 2.24) is 19.9 Å². The summed E-state index contributed by atoms with van der Waals surface area (Å²) in [7, 11) is 0. The van der Waals surface area contributed by atoms with Crippen LogP contribution in [0.2, 0.25) is 0 Å². The van der Waals surface area contributed by atoms with Crippen molar-refractivity contribution in [2.45, 2.75) is 25.4 Å². The average Bonchev–Trinajstić information content (AvgIpc) is 3.16. The van der Waals surface area contributed by atoms with E-state index >= 15 is 0 Å². The number of halogens is 3. The van der Waals surface area contributed by atoms with Crippen LogP contribution in [0.5, 0.6) is 0 Å². The van der Waals surface area contributed by atoms with E-state index in [4.69, 9.17) is 0 Å². The van der Waals surface area contributed by atoms with E-state index in [0.29, 0.717) is 11.4 Å². The minimum atomic E-state index is -4.20. The minimum Gasteiger partial charge on any atom is -0.337 e. The number of aromatic nitrogens is 3. The molecule has 23 heavy (non-hydrogen) atoms. The first-order valence-electron chi connectivity index (χ1n) is 7.22. The largest absolute Gasteiger partial charge is 0.394 e. The fourth-order valence-electron chi connectivity index (χ4n) is 2.50. The lowest BCUT2D eigenvalue weighted by molar-refractivity contribution is -0.188. The monoisotopic (exact) mass is 324 g/mol. The average molecular weight is 324 g/mol. The quantitative estimate of drug-likeness (QED) is 0.939. The van der Waals surface area contributed by atoms with Crippen LogP contribution in [-0.4, -0.2) is 33.3 Å². The zero-order valence-corrected chi connectivity index (χ0v) is 12.2. The summed E-state index contributed by atoms with van der Waals surface area (Å²) in [6.45, 7) is -0.0248. The number of rotatable bonds is 4. The summed E-state index contributed by atoms with van der Waals surface area (Å²) in [5.41, 5.74) is -0.955. The van der Waals surface area contributed by atoms with Gasteiger partial charge in [0.2, 0.25) is 0 Å². The van der Waals surface area contributed by atoms with E-state index in [1.165, 1.54) is 17.0 Å². The zero-order valence-electron chi connectivity index (χ0n) is 12.2. The van der Waals surface area contributed by atoms with Gasteiger partial charge in [0.15, 0.2) is 0 Å². The molecule has 0 bridgehead atoms. The molecule has 1 amide bonds. The number of hydrogen-bond acceptors (Lipinski definition) is 3. The molecule has 1 aliphatic rings. The van der Waals surface area contributed by atoms with Crippen LogP contribution in [0.3, 0.4) is 0 Å². The lowest BCUT2D eigenvalue weighted by Crippen LogP contribution is -2.34. The second-order valence-electron chi connectivity index (χ2n) is 5.62. The summed E-state index contributed by atoms with van der Waals surface area (Å²) in [5.74, 6) is 0.396. The fourth-order valence-corrected chi connectivity index (χ4v) is 2.50. The first-order valence-corrected chi connectivity index (χ1v) is 7.22. The summed E-state index contributed by atoms with van der Waals surface area (Å²) in [5, 5.41) is 2.53. The molecule has 122 valence electrons. The second-order valence-corrected chi connectivity index (χ2v) is 5.62. The smallest absolute Gasteiger partial charge is 0.337 e. The van der Waals surface area contributed by atoms with E-state index in [-0.39, 0.29) is 25.8 Å². The Kier molecular flexibility index (Phi) is 3.83. The van der Waals surface area contributed by atoms with Crippen LogP contribution in [0.1, 0.15) is 19.3 Å². The lowest BCUT2D eigenvalue weighted by Gasteiger charge is -2.19. The normalized spacial score (nSPS) is 16.1. The molecule has 0 spiro atoms. The number of alkyl halides is 3. The third kappa shape index (κ3) is 3.06. The van der Waals surface area contributed by atoms with Gasteiger partial charge in [-0.1, -0.05) is 0 Å². The molecule has 1 aliphatic carbocycles. The molecule has 1 N–H and O–H groups in total. The third-order valence-corrected chi connectivity index (χ3v) is 4.11. The summed E-state index contributed by atoms with van der Waals surface area (Å²) in [4.78, 5) is 20.2. The van der Waals surface area contributed by atoms with Crippen LogP contribution in [0.15, 0.2) is 36.9 Å². The molecule has 0 saturated heterocycles. The molecule has 2 heterocycles. The standard InChI is InChI=1S/C15H15F3N4O/c16-15(17,18)14(3-4-14)5-7-21-13(23)22-9-8-20-12(22)11-2-1-6-19-10-11/h1-2,6,8-10H,3-5,7H2,(H,21,23). The van der Waals surface area contributed by atoms with Gasteiger partial charge in [-0.05, 0) is 31.4 Å². The Hall–Kier alpha value is -2.38. The number of hydrogen-bond donors (Lipinski definition) is 1. The Bertz CT molecular complexity index is 692. The summed E-state index contributed by atoms with van der Waals surface area (Å²) in [6, 6.07) is 2.97. The van der Waals surface area contributed by atoms with Crippen molar-refractivity contribution in [3.05, 3.63) is 36.9 Å². The summed E-state index contributed by atoms with van der Waals surface area (Å²) < 4.78 is 39.8. The van der Waals surface area contributed by atoms with Crippen LogP contribution >= 0.6 is 0 Å². The van der Waals surface area contributed by atoms with Crippen molar-refractivity contribution in [3.8, 4) is 11.4 Å². The molecule has 5 nitrogen and oxygen atoms in total. The van der Waals surface area contributed by atoms with Crippen molar-refractivity contribution in [1.29, 1.82) is 0 Å². The SMILES string of the molecule is O=C(NCCC1(C(F)(F)F)CC1)n1ccnc1-c1cccnc1. The fraction of sp³-hybridized carbons (Fsp3) is 0.400. The summed E-state index contributed by atoms with van der Waals surface area (Å²) >= 11 is 0. The number of nitrogens with one attached hydrogen (secondary N) is 1. The Morgan fingerprint density at radius 3 is 2.74 bits per heavy atom. The Morgan fingerprint density at radius 2 is 2.13 bits per heavy atom. The van der Waals surface area contributed by atoms with Crippen molar-refractivity contribution in [2.24, 2.45) is 5.41 Å².